The van der Waals surface area contributed by atoms with E-state index in [9.17, 15) is 32.9 Å². The Morgan fingerprint density at radius 1 is 1.19 bits per heavy atom. The number of hydrogen-bond donors (Lipinski definition) is 1. The third-order valence-electron chi connectivity index (χ3n) is 3.28. The van der Waals surface area contributed by atoms with Crippen LogP contribution < -0.4 is 5.43 Å². The smallest absolute Gasteiger partial charge is 0.293 e. The molecular weight excluding hydrogens is 387 g/mol. The number of carbonyl (C=O) groups excluding carboxylic acids is 2. The second-order valence-corrected chi connectivity index (χ2v) is 6.22. The number of Topliss-reactive ketones (excluding diaryl/α,β-unsaturated/α-hetero) is 1. The molecule has 0 radical (unpaired) electrons. The predicted molar refractivity (Wildman–Crippen MR) is 91.7 cm³/mol. The summed E-state index contributed by atoms with van der Waals surface area (Å²) in [5.41, 5.74) is 0.534. The van der Waals surface area contributed by atoms with Crippen LogP contribution in [0.3, 0.4) is 0 Å². The lowest BCUT2D eigenvalue weighted by molar-refractivity contribution is -0.384. The Bertz CT molecular complexity index is 862. The number of hydrogen-bond acceptors (Lipinski definition) is 6. The lowest BCUT2D eigenvalue weighted by atomic mass is 10.1. The first-order valence-corrected chi connectivity index (χ1v) is 8.27. The predicted octanol–water partition coefficient (Wildman–Crippen LogP) is 3.51. The van der Waals surface area contributed by atoms with Gasteiger partial charge in [0.1, 0.15) is 5.71 Å². The number of non-ortho nitro benzene ring substituents is 1. The van der Waals surface area contributed by atoms with Crippen molar-refractivity contribution in [2.24, 2.45) is 5.10 Å². The number of benzene rings is 1. The summed E-state index contributed by atoms with van der Waals surface area (Å²) in [6.07, 6.45) is -6.21. The monoisotopic (exact) mass is 399 g/mol. The largest absolute Gasteiger partial charge is 0.431 e. The fourth-order valence-electron chi connectivity index (χ4n) is 1.97. The first-order chi connectivity index (χ1) is 12.7. The van der Waals surface area contributed by atoms with E-state index in [2.05, 4.69) is 5.10 Å². The van der Waals surface area contributed by atoms with E-state index in [0.717, 1.165) is 11.3 Å². The number of nitro groups is 1. The molecule has 1 aromatic heterocycles. The van der Waals surface area contributed by atoms with E-state index in [-0.39, 0.29) is 17.0 Å². The molecule has 11 heteroatoms. The molecule has 2 rings (SSSR count). The number of carbonyl (C=O) groups is 2. The summed E-state index contributed by atoms with van der Waals surface area (Å²) >= 11 is 1.01. The zero-order chi connectivity index (χ0) is 20.0. The maximum Gasteiger partial charge on any atom is 0.431 e. The van der Waals surface area contributed by atoms with Gasteiger partial charge in [0, 0.05) is 12.1 Å². The van der Waals surface area contributed by atoms with Crippen LogP contribution in [0.4, 0.5) is 18.9 Å². The molecule has 0 fully saturated rings. The molecule has 27 heavy (non-hydrogen) atoms. The van der Waals surface area contributed by atoms with Crippen LogP contribution in [0.5, 0.6) is 0 Å². The molecule has 0 unspecified atom stereocenters. The Labute approximate surface area is 154 Å². The molecule has 0 spiro atoms. The van der Waals surface area contributed by atoms with Crippen molar-refractivity contribution in [3.8, 4) is 0 Å². The van der Waals surface area contributed by atoms with Crippen LogP contribution in [0.2, 0.25) is 0 Å². The number of nitrogens with one attached hydrogen (secondary N) is 1. The van der Waals surface area contributed by atoms with Crippen molar-refractivity contribution in [1.29, 1.82) is 0 Å². The lowest BCUT2D eigenvalue weighted by Gasteiger charge is -2.10. The zero-order valence-corrected chi connectivity index (χ0v) is 14.3. The number of halogens is 3. The maximum absolute atomic E-state index is 13.0. The molecule has 1 amide bonds. The van der Waals surface area contributed by atoms with Crippen LogP contribution in [-0.4, -0.2) is 28.5 Å². The van der Waals surface area contributed by atoms with Crippen LogP contribution in [0, 0.1) is 10.1 Å². The van der Waals surface area contributed by atoms with Gasteiger partial charge in [-0.25, -0.2) is 5.43 Å². The van der Waals surface area contributed by atoms with Gasteiger partial charge < -0.3 is 0 Å². The van der Waals surface area contributed by atoms with Gasteiger partial charge in [0.15, 0.2) is 5.78 Å². The van der Waals surface area contributed by atoms with Gasteiger partial charge in [-0.2, -0.15) is 18.3 Å². The van der Waals surface area contributed by atoms with Gasteiger partial charge >= 0.3 is 6.18 Å². The molecule has 1 N–H and O–H groups in total. The molecule has 0 bridgehead atoms. The third-order valence-corrected chi connectivity index (χ3v) is 4.19. The van der Waals surface area contributed by atoms with Crippen LogP contribution in [-0.2, 0) is 11.2 Å². The highest BCUT2D eigenvalue weighted by atomic mass is 32.1. The Hall–Kier alpha value is -3.08. The summed E-state index contributed by atoms with van der Waals surface area (Å²) in [5.74, 6) is -1.61. The SMILES string of the molecule is O=C(Cc1ccc([N+](=O)[O-])cc1)NN=C(CC(=O)c1cccs1)C(F)(F)F. The molecule has 7 nitrogen and oxygen atoms in total. The molecule has 0 saturated carbocycles. The molecule has 1 aromatic carbocycles. The topological polar surface area (TPSA) is 102 Å². The van der Waals surface area contributed by atoms with Crippen LogP contribution in [0.1, 0.15) is 21.7 Å². The van der Waals surface area contributed by atoms with Crippen LogP contribution in [0.25, 0.3) is 0 Å². The van der Waals surface area contributed by atoms with Gasteiger partial charge in [-0.1, -0.05) is 18.2 Å². The molecule has 2 aromatic rings. The number of amides is 1. The van der Waals surface area contributed by atoms with Crippen LogP contribution in [0.15, 0.2) is 46.9 Å². The highest BCUT2D eigenvalue weighted by Gasteiger charge is 2.37. The standard InChI is InChI=1S/C16H12F3N3O4S/c17-16(18,19)14(9-12(23)13-2-1-7-27-13)20-21-15(24)8-10-3-5-11(6-4-10)22(25)26/h1-7H,8-9H2,(H,21,24). The van der Waals surface area contributed by atoms with Gasteiger partial charge in [-0.15, -0.1) is 11.3 Å². The molecule has 1 heterocycles. The summed E-state index contributed by atoms with van der Waals surface area (Å²) in [6, 6.07) is 7.90. The summed E-state index contributed by atoms with van der Waals surface area (Å²) < 4.78 is 39.1. The van der Waals surface area contributed by atoms with Gasteiger partial charge in [0.25, 0.3) is 5.69 Å². The quantitative estimate of drug-likeness (QED) is 0.333. The minimum Gasteiger partial charge on any atom is -0.293 e. The second kappa shape index (κ2) is 8.54. The molecular formula is C16H12F3N3O4S. The number of thiophene rings is 1. The van der Waals surface area contributed by atoms with Crippen molar-refractivity contribution >= 4 is 34.4 Å². The van der Waals surface area contributed by atoms with Crippen molar-refractivity contribution in [1.82, 2.24) is 5.43 Å². The van der Waals surface area contributed by atoms with Gasteiger partial charge in [-0.05, 0) is 17.0 Å². The van der Waals surface area contributed by atoms with E-state index < -0.39 is 34.9 Å². The number of hydrazone groups is 1. The number of alkyl halides is 3. The Kier molecular flexibility index (Phi) is 6.40. The molecule has 0 aliphatic heterocycles. The highest BCUT2D eigenvalue weighted by Crippen LogP contribution is 2.22. The minimum atomic E-state index is -4.88. The lowest BCUT2D eigenvalue weighted by Crippen LogP contribution is -2.30. The first-order valence-electron chi connectivity index (χ1n) is 7.39. The number of ketones is 1. The normalized spacial score (nSPS) is 11.9. The molecule has 0 aliphatic carbocycles. The van der Waals surface area contributed by atoms with Crippen molar-refractivity contribution in [2.45, 2.75) is 19.0 Å². The van der Waals surface area contributed by atoms with E-state index in [1.54, 1.807) is 10.8 Å². The number of nitro benzene ring substituents is 1. The van der Waals surface area contributed by atoms with Crippen LogP contribution >= 0.6 is 11.3 Å². The first kappa shape index (κ1) is 20.2. The van der Waals surface area contributed by atoms with E-state index in [4.69, 9.17) is 0 Å². The fourth-order valence-corrected chi connectivity index (χ4v) is 2.63. The van der Waals surface area contributed by atoms with Crippen molar-refractivity contribution < 1.29 is 27.7 Å². The van der Waals surface area contributed by atoms with E-state index in [1.807, 2.05) is 0 Å². The Morgan fingerprint density at radius 3 is 2.37 bits per heavy atom. The average Bonchev–Trinajstić information content (AvgIpc) is 3.12. The molecule has 0 atom stereocenters. The molecule has 0 aliphatic rings. The maximum atomic E-state index is 13.0. The average molecular weight is 399 g/mol. The zero-order valence-electron chi connectivity index (χ0n) is 13.5. The fraction of sp³-hybridized carbons (Fsp3) is 0.188. The molecule has 0 saturated heterocycles. The van der Waals surface area contributed by atoms with Crippen molar-refractivity contribution in [3.05, 3.63) is 62.3 Å². The summed E-state index contributed by atoms with van der Waals surface area (Å²) in [6.45, 7) is 0. The van der Waals surface area contributed by atoms with Gasteiger partial charge in [0.2, 0.25) is 5.91 Å². The van der Waals surface area contributed by atoms with Gasteiger partial charge in [-0.3, -0.25) is 19.7 Å². The van der Waals surface area contributed by atoms with Crippen molar-refractivity contribution in [3.63, 3.8) is 0 Å². The summed E-state index contributed by atoms with van der Waals surface area (Å²) in [4.78, 5) is 33.7. The summed E-state index contributed by atoms with van der Waals surface area (Å²) in [5, 5.41) is 15.2. The van der Waals surface area contributed by atoms with Crippen molar-refractivity contribution in [2.75, 3.05) is 0 Å². The minimum absolute atomic E-state index is 0.157. The van der Waals surface area contributed by atoms with E-state index in [1.165, 1.54) is 36.4 Å². The third kappa shape index (κ3) is 5.99. The Balaban J connectivity index is 2.03. The number of nitrogens with zero attached hydrogens (tertiary/aromatic N) is 2. The van der Waals surface area contributed by atoms with E-state index >= 15 is 0 Å². The summed E-state index contributed by atoms with van der Waals surface area (Å²) in [7, 11) is 0. The van der Waals surface area contributed by atoms with E-state index in [0.29, 0.717) is 5.56 Å². The Morgan fingerprint density at radius 2 is 1.85 bits per heavy atom. The van der Waals surface area contributed by atoms with Gasteiger partial charge in [0.05, 0.1) is 22.6 Å². The number of rotatable bonds is 7. The molecule has 142 valence electrons. The second-order valence-electron chi connectivity index (χ2n) is 5.27. The highest BCUT2D eigenvalue weighted by molar-refractivity contribution is 7.12.